The van der Waals surface area contributed by atoms with Crippen LogP contribution in [0.15, 0.2) is 47.6 Å². The Morgan fingerprint density at radius 1 is 1.17 bits per heavy atom. The van der Waals surface area contributed by atoms with Gasteiger partial charge in [0, 0.05) is 16.7 Å². The topological polar surface area (TPSA) is 74.9 Å². The van der Waals surface area contributed by atoms with E-state index in [1.165, 1.54) is 19.2 Å². The van der Waals surface area contributed by atoms with Gasteiger partial charge in [-0.2, -0.15) is 10.4 Å². The molecule has 0 unspecified atom stereocenters. The Hall–Kier alpha value is -3.33. The van der Waals surface area contributed by atoms with E-state index in [1.807, 2.05) is 6.07 Å². The van der Waals surface area contributed by atoms with E-state index in [0.29, 0.717) is 22.6 Å². The van der Waals surface area contributed by atoms with Crippen molar-refractivity contribution in [2.24, 2.45) is 5.10 Å². The van der Waals surface area contributed by atoms with Crippen LogP contribution in [-0.4, -0.2) is 31.4 Å². The first kappa shape index (κ1) is 15.6. The molecule has 6 heteroatoms. The lowest BCUT2D eigenvalue weighted by molar-refractivity contribution is 0.0720. The predicted molar refractivity (Wildman–Crippen MR) is 88.1 cm³/mol. The lowest BCUT2D eigenvalue weighted by atomic mass is 9.98. The highest BCUT2D eigenvalue weighted by Crippen LogP contribution is 2.36. The molecule has 0 saturated carbocycles. The van der Waals surface area contributed by atoms with Crippen LogP contribution in [0, 0.1) is 11.3 Å². The molecule has 1 amide bonds. The third-order valence-corrected chi connectivity index (χ3v) is 3.80. The van der Waals surface area contributed by atoms with Gasteiger partial charge in [0.1, 0.15) is 0 Å². The number of hydrogen-bond acceptors (Lipinski definition) is 5. The molecule has 0 bridgehead atoms. The maximum absolute atomic E-state index is 12.7. The van der Waals surface area contributed by atoms with Gasteiger partial charge in [0.2, 0.25) is 0 Å². The summed E-state index contributed by atoms with van der Waals surface area (Å²) in [6, 6.07) is 13.5. The van der Waals surface area contributed by atoms with Gasteiger partial charge in [0.25, 0.3) is 5.91 Å². The van der Waals surface area contributed by atoms with Gasteiger partial charge in [-0.3, -0.25) is 4.79 Å². The standard InChI is InChI=1S/C18H15N3O3/c1-23-16-8-13-11-20-21(18(22)12-6-4-3-5-7-12)15(10-19)14(13)9-17(16)24-2/h3-9,11,15H,1-2H3/t15-/m1/s1. The highest BCUT2D eigenvalue weighted by Gasteiger charge is 2.31. The van der Waals surface area contributed by atoms with E-state index < -0.39 is 6.04 Å². The zero-order valence-corrected chi connectivity index (χ0v) is 13.3. The van der Waals surface area contributed by atoms with E-state index in [-0.39, 0.29) is 5.91 Å². The van der Waals surface area contributed by atoms with Gasteiger partial charge in [0.05, 0.1) is 26.5 Å². The number of hydrogen-bond donors (Lipinski definition) is 0. The summed E-state index contributed by atoms with van der Waals surface area (Å²) in [5.74, 6) is 0.708. The summed E-state index contributed by atoms with van der Waals surface area (Å²) in [6.45, 7) is 0. The Morgan fingerprint density at radius 2 is 1.83 bits per heavy atom. The molecule has 0 radical (unpaired) electrons. The van der Waals surface area contributed by atoms with Crippen LogP contribution in [0.5, 0.6) is 11.5 Å². The molecule has 24 heavy (non-hydrogen) atoms. The number of nitriles is 1. The van der Waals surface area contributed by atoms with E-state index in [0.717, 1.165) is 5.56 Å². The second kappa shape index (κ2) is 6.42. The van der Waals surface area contributed by atoms with E-state index in [9.17, 15) is 10.1 Å². The van der Waals surface area contributed by atoms with Crippen LogP contribution in [-0.2, 0) is 0 Å². The molecule has 0 spiro atoms. The fraction of sp³-hybridized carbons (Fsp3) is 0.167. The molecule has 0 N–H and O–H groups in total. The van der Waals surface area contributed by atoms with Crippen LogP contribution in [0.25, 0.3) is 0 Å². The van der Waals surface area contributed by atoms with Crippen molar-refractivity contribution in [2.45, 2.75) is 6.04 Å². The summed E-state index contributed by atoms with van der Waals surface area (Å²) in [5, 5.41) is 15.0. The first-order valence-corrected chi connectivity index (χ1v) is 7.27. The van der Waals surface area contributed by atoms with Crippen molar-refractivity contribution >= 4 is 12.1 Å². The third-order valence-electron chi connectivity index (χ3n) is 3.80. The quantitative estimate of drug-likeness (QED) is 0.871. The van der Waals surface area contributed by atoms with Crippen molar-refractivity contribution in [1.29, 1.82) is 5.26 Å². The maximum Gasteiger partial charge on any atom is 0.275 e. The van der Waals surface area contributed by atoms with Crippen LogP contribution in [0.2, 0.25) is 0 Å². The van der Waals surface area contributed by atoms with E-state index in [2.05, 4.69) is 11.2 Å². The number of nitrogens with zero attached hydrogens (tertiary/aromatic N) is 3. The minimum absolute atomic E-state index is 0.334. The Morgan fingerprint density at radius 3 is 2.46 bits per heavy atom. The van der Waals surface area contributed by atoms with Crippen LogP contribution < -0.4 is 9.47 Å². The largest absolute Gasteiger partial charge is 0.493 e. The summed E-state index contributed by atoms with van der Waals surface area (Å²) in [7, 11) is 3.06. The van der Waals surface area contributed by atoms with Gasteiger partial charge < -0.3 is 9.47 Å². The Labute approximate surface area is 139 Å². The van der Waals surface area contributed by atoms with Crippen LogP contribution in [0.4, 0.5) is 0 Å². The average molecular weight is 321 g/mol. The van der Waals surface area contributed by atoms with E-state index in [1.54, 1.807) is 42.6 Å². The second-order valence-corrected chi connectivity index (χ2v) is 5.13. The number of carbonyl (C=O) groups excluding carboxylic acids is 1. The number of rotatable bonds is 3. The molecule has 0 fully saturated rings. The van der Waals surface area contributed by atoms with Crippen molar-refractivity contribution in [3.05, 3.63) is 59.2 Å². The lowest BCUT2D eigenvalue weighted by Crippen LogP contribution is -2.33. The van der Waals surface area contributed by atoms with Gasteiger partial charge in [-0.25, -0.2) is 5.01 Å². The summed E-state index contributed by atoms with van der Waals surface area (Å²) in [5.41, 5.74) is 1.84. The highest BCUT2D eigenvalue weighted by molar-refractivity contribution is 5.97. The zero-order chi connectivity index (χ0) is 17.1. The molecule has 120 valence electrons. The molecule has 3 rings (SSSR count). The first-order chi connectivity index (χ1) is 11.7. The summed E-state index contributed by atoms with van der Waals surface area (Å²) >= 11 is 0. The normalized spacial score (nSPS) is 15.4. The van der Waals surface area contributed by atoms with Crippen molar-refractivity contribution in [1.82, 2.24) is 5.01 Å². The van der Waals surface area contributed by atoms with Gasteiger partial charge in [-0.1, -0.05) is 18.2 Å². The Kier molecular flexibility index (Phi) is 4.17. The Bertz CT molecular complexity index is 841. The van der Waals surface area contributed by atoms with Crippen LogP contribution in [0.3, 0.4) is 0 Å². The van der Waals surface area contributed by atoms with Gasteiger partial charge in [-0.15, -0.1) is 0 Å². The molecule has 1 aliphatic rings. The average Bonchev–Trinajstić information content (AvgIpc) is 2.65. The predicted octanol–water partition coefficient (Wildman–Crippen LogP) is 2.76. The maximum atomic E-state index is 12.7. The molecular formula is C18H15N3O3. The number of ether oxygens (including phenoxy) is 2. The van der Waals surface area contributed by atoms with Gasteiger partial charge in [-0.05, 0) is 24.3 Å². The fourth-order valence-electron chi connectivity index (χ4n) is 2.59. The van der Waals surface area contributed by atoms with Crippen LogP contribution in [0.1, 0.15) is 27.5 Å². The molecule has 0 saturated heterocycles. The van der Waals surface area contributed by atoms with E-state index in [4.69, 9.17) is 9.47 Å². The number of fused-ring (bicyclic) bond motifs is 1. The van der Waals surface area contributed by atoms with Crippen molar-refractivity contribution in [2.75, 3.05) is 14.2 Å². The molecule has 2 aromatic carbocycles. The first-order valence-electron chi connectivity index (χ1n) is 7.27. The minimum atomic E-state index is -0.836. The number of benzene rings is 2. The summed E-state index contributed by atoms with van der Waals surface area (Å²) in [4.78, 5) is 12.7. The highest BCUT2D eigenvalue weighted by atomic mass is 16.5. The van der Waals surface area contributed by atoms with Crippen LogP contribution >= 0.6 is 0 Å². The number of amides is 1. The fourth-order valence-corrected chi connectivity index (χ4v) is 2.59. The third kappa shape index (κ3) is 2.57. The number of hydrazone groups is 1. The zero-order valence-electron chi connectivity index (χ0n) is 13.3. The molecule has 6 nitrogen and oxygen atoms in total. The van der Waals surface area contributed by atoms with Crippen molar-refractivity contribution in [3.8, 4) is 17.6 Å². The molecule has 1 aliphatic heterocycles. The molecule has 1 atom stereocenters. The SMILES string of the molecule is COc1cc2c(cc1OC)[C@@H](C#N)N(C(=O)c1ccccc1)N=C2. The molecule has 1 heterocycles. The minimum Gasteiger partial charge on any atom is -0.493 e. The number of carbonyl (C=O) groups is 1. The molecule has 0 aromatic heterocycles. The van der Waals surface area contributed by atoms with Gasteiger partial charge >= 0.3 is 0 Å². The molecular weight excluding hydrogens is 306 g/mol. The summed E-state index contributed by atoms with van der Waals surface area (Å²) in [6.07, 6.45) is 1.55. The molecule has 2 aromatic rings. The second-order valence-electron chi connectivity index (χ2n) is 5.13. The monoisotopic (exact) mass is 321 g/mol. The van der Waals surface area contributed by atoms with Crippen molar-refractivity contribution in [3.63, 3.8) is 0 Å². The van der Waals surface area contributed by atoms with E-state index >= 15 is 0 Å². The molecule has 0 aliphatic carbocycles. The van der Waals surface area contributed by atoms with Gasteiger partial charge in [0.15, 0.2) is 17.5 Å². The Balaban J connectivity index is 2.04. The number of methoxy groups -OCH3 is 2. The van der Waals surface area contributed by atoms with Crippen molar-refractivity contribution < 1.29 is 14.3 Å². The smallest absolute Gasteiger partial charge is 0.275 e. The summed E-state index contributed by atoms with van der Waals surface area (Å²) < 4.78 is 10.6. The lowest BCUT2D eigenvalue weighted by Gasteiger charge is -2.28.